The summed E-state index contributed by atoms with van der Waals surface area (Å²) in [5.74, 6) is 1.35. The van der Waals surface area contributed by atoms with Gasteiger partial charge in [-0.05, 0) is 31.3 Å². The van der Waals surface area contributed by atoms with Crippen LogP contribution in [-0.4, -0.2) is 25.2 Å². The van der Waals surface area contributed by atoms with Gasteiger partial charge < -0.3 is 4.74 Å². The smallest absolute Gasteiger partial charge is 0.0466 e. The van der Waals surface area contributed by atoms with Crippen LogP contribution in [0.25, 0.3) is 0 Å². The average Bonchev–Trinajstić information content (AvgIpc) is 2.50. The fourth-order valence-electron chi connectivity index (χ4n) is 2.57. The molecule has 0 aromatic heterocycles. The highest BCUT2D eigenvalue weighted by Gasteiger charge is 1.94. The number of unbranched alkanes of at least 4 members (excludes halogenated alkanes) is 12. The Labute approximate surface area is 139 Å². The van der Waals surface area contributed by atoms with E-state index in [1.807, 2.05) is 11.8 Å². The summed E-state index contributed by atoms with van der Waals surface area (Å²) in [4.78, 5) is 0. The lowest BCUT2D eigenvalue weighted by molar-refractivity contribution is 0.127. The zero-order valence-corrected chi connectivity index (χ0v) is 15.7. The fraction of sp³-hybridized carbons (Fsp3) is 1.00. The molecule has 0 saturated carbocycles. The Morgan fingerprint density at radius 3 is 1.48 bits per heavy atom. The van der Waals surface area contributed by atoms with Gasteiger partial charge in [-0.2, -0.15) is 11.8 Å². The predicted octanol–water partition coefficient (Wildman–Crippen LogP) is 6.85. The van der Waals surface area contributed by atoms with Crippen molar-refractivity contribution in [2.45, 2.75) is 96.8 Å². The Hall–Kier alpha value is 0.310. The molecule has 0 heterocycles. The molecule has 0 fully saturated rings. The quantitative estimate of drug-likeness (QED) is 0.256. The summed E-state index contributed by atoms with van der Waals surface area (Å²) in [6.45, 7) is 4.17. The van der Waals surface area contributed by atoms with Crippen molar-refractivity contribution in [3.63, 3.8) is 0 Å². The highest BCUT2D eigenvalue weighted by atomic mass is 32.2. The van der Waals surface area contributed by atoms with E-state index in [4.69, 9.17) is 4.74 Å². The van der Waals surface area contributed by atoms with Gasteiger partial charge in [0.25, 0.3) is 0 Å². The van der Waals surface area contributed by atoms with E-state index in [2.05, 4.69) is 13.2 Å². The van der Waals surface area contributed by atoms with Gasteiger partial charge in [0.05, 0.1) is 0 Å². The molecule has 0 rings (SSSR count). The summed E-state index contributed by atoms with van der Waals surface area (Å²) in [6, 6.07) is 0. The van der Waals surface area contributed by atoms with Gasteiger partial charge in [0, 0.05) is 13.2 Å². The second kappa shape index (κ2) is 20.3. The fourth-order valence-corrected chi connectivity index (χ4v) is 3.06. The van der Waals surface area contributed by atoms with Crippen molar-refractivity contribution >= 4 is 11.8 Å². The van der Waals surface area contributed by atoms with Gasteiger partial charge in [0.1, 0.15) is 0 Å². The molecule has 2 heteroatoms. The lowest BCUT2D eigenvalue weighted by Crippen LogP contribution is -1.96. The van der Waals surface area contributed by atoms with Crippen LogP contribution in [0, 0.1) is 0 Å². The number of hydrogen-bond acceptors (Lipinski definition) is 2. The molecule has 0 bridgehead atoms. The zero-order chi connectivity index (χ0) is 15.4. The Kier molecular flexibility index (Phi) is 20.6. The first-order valence-corrected chi connectivity index (χ1v) is 10.9. The first kappa shape index (κ1) is 21.3. The van der Waals surface area contributed by atoms with Gasteiger partial charge in [-0.15, -0.1) is 0 Å². The summed E-state index contributed by atoms with van der Waals surface area (Å²) in [6.07, 6.45) is 21.8. The topological polar surface area (TPSA) is 9.23 Å². The maximum absolute atomic E-state index is 5.58. The van der Waals surface area contributed by atoms with Crippen LogP contribution in [0.1, 0.15) is 96.8 Å². The second-order valence-electron chi connectivity index (χ2n) is 6.20. The van der Waals surface area contributed by atoms with Crippen molar-refractivity contribution in [2.75, 3.05) is 25.2 Å². The Morgan fingerprint density at radius 1 is 0.571 bits per heavy atom. The van der Waals surface area contributed by atoms with Crippen LogP contribution in [0.2, 0.25) is 0 Å². The Bertz CT molecular complexity index is 155. The first-order valence-electron chi connectivity index (χ1n) is 9.48. The largest absolute Gasteiger partial charge is 0.381 e. The molecule has 0 saturated heterocycles. The van der Waals surface area contributed by atoms with E-state index >= 15 is 0 Å². The summed E-state index contributed by atoms with van der Waals surface area (Å²) in [5, 5.41) is 0. The Morgan fingerprint density at radius 2 is 1.00 bits per heavy atom. The van der Waals surface area contributed by atoms with Crippen molar-refractivity contribution in [3.8, 4) is 0 Å². The minimum absolute atomic E-state index is 0.966. The van der Waals surface area contributed by atoms with E-state index in [-0.39, 0.29) is 0 Å². The van der Waals surface area contributed by atoms with Crippen molar-refractivity contribution in [1.82, 2.24) is 0 Å². The maximum atomic E-state index is 5.58. The molecule has 0 radical (unpaired) electrons. The molecule has 0 aliphatic carbocycles. The summed E-state index contributed by atoms with van der Waals surface area (Å²) >= 11 is 1.98. The summed E-state index contributed by atoms with van der Waals surface area (Å²) < 4.78 is 5.58. The molecular weight excluding hydrogens is 276 g/mol. The molecule has 0 aliphatic rings. The molecule has 128 valence electrons. The number of thioether (sulfide) groups is 1. The van der Waals surface area contributed by atoms with Crippen LogP contribution in [-0.2, 0) is 4.74 Å². The molecule has 0 unspecified atom stereocenters. The molecule has 0 aliphatic heterocycles. The molecule has 0 N–H and O–H groups in total. The lowest BCUT2D eigenvalue weighted by Gasteiger charge is -2.04. The predicted molar refractivity (Wildman–Crippen MR) is 99.5 cm³/mol. The molecule has 0 aromatic carbocycles. The van der Waals surface area contributed by atoms with E-state index in [9.17, 15) is 0 Å². The standard InChI is InChI=1S/C19H40OS/c1-3-4-17-20-18-15-13-11-9-7-5-6-8-10-12-14-16-19-21-2/h3-19H2,1-2H3. The third kappa shape index (κ3) is 20.3. The zero-order valence-electron chi connectivity index (χ0n) is 14.8. The third-order valence-corrected chi connectivity index (χ3v) is 4.73. The van der Waals surface area contributed by atoms with Gasteiger partial charge >= 0.3 is 0 Å². The van der Waals surface area contributed by atoms with Crippen LogP contribution < -0.4 is 0 Å². The molecular formula is C19H40OS. The van der Waals surface area contributed by atoms with Crippen molar-refractivity contribution in [2.24, 2.45) is 0 Å². The molecule has 0 aromatic rings. The number of ether oxygens (including phenoxy) is 1. The van der Waals surface area contributed by atoms with Crippen LogP contribution in [0.5, 0.6) is 0 Å². The molecule has 21 heavy (non-hydrogen) atoms. The molecule has 0 amide bonds. The average molecular weight is 317 g/mol. The van der Waals surface area contributed by atoms with Crippen LogP contribution in [0.15, 0.2) is 0 Å². The van der Waals surface area contributed by atoms with Gasteiger partial charge in [-0.1, -0.05) is 77.6 Å². The van der Waals surface area contributed by atoms with Crippen LogP contribution >= 0.6 is 11.8 Å². The van der Waals surface area contributed by atoms with Crippen molar-refractivity contribution < 1.29 is 4.74 Å². The highest BCUT2D eigenvalue weighted by Crippen LogP contribution is 2.12. The Balaban J connectivity index is 2.90. The number of hydrogen-bond donors (Lipinski definition) is 0. The monoisotopic (exact) mass is 316 g/mol. The van der Waals surface area contributed by atoms with Crippen molar-refractivity contribution in [3.05, 3.63) is 0 Å². The van der Waals surface area contributed by atoms with Gasteiger partial charge in [-0.3, -0.25) is 0 Å². The number of rotatable bonds is 18. The molecule has 0 spiro atoms. The normalized spacial score (nSPS) is 11.1. The summed E-state index contributed by atoms with van der Waals surface area (Å²) in [5.41, 5.74) is 0. The van der Waals surface area contributed by atoms with E-state index in [1.54, 1.807) is 0 Å². The van der Waals surface area contributed by atoms with E-state index in [0.29, 0.717) is 0 Å². The van der Waals surface area contributed by atoms with Gasteiger partial charge in [0.15, 0.2) is 0 Å². The molecule has 0 atom stereocenters. The van der Waals surface area contributed by atoms with Gasteiger partial charge in [-0.25, -0.2) is 0 Å². The lowest BCUT2D eigenvalue weighted by atomic mass is 10.1. The highest BCUT2D eigenvalue weighted by molar-refractivity contribution is 7.98. The van der Waals surface area contributed by atoms with E-state index < -0.39 is 0 Å². The van der Waals surface area contributed by atoms with E-state index in [0.717, 1.165) is 13.2 Å². The van der Waals surface area contributed by atoms with Crippen molar-refractivity contribution in [1.29, 1.82) is 0 Å². The van der Waals surface area contributed by atoms with E-state index in [1.165, 1.54) is 95.6 Å². The minimum atomic E-state index is 0.966. The molecule has 1 nitrogen and oxygen atoms in total. The summed E-state index contributed by atoms with van der Waals surface area (Å²) in [7, 11) is 0. The first-order chi connectivity index (χ1) is 10.4. The maximum Gasteiger partial charge on any atom is 0.0466 e. The second-order valence-corrected chi connectivity index (χ2v) is 7.19. The third-order valence-electron chi connectivity index (χ3n) is 4.03. The van der Waals surface area contributed by atoms with Gasteiger partial charge in [0.2, 0.25) is 0 Å². The minimum Gasteiger partial charge on any atom is -0.381 e. The van der Waals surface area contributed by atoms with Crippen LogP contribution in [0.4, 0.5) is 0 Å². The van der Waals surface area contributed by atoms with Crippen LogP contribution in [0.3, 0.4) is 0 Å². The SMILES string of the molecule is CCCCOCCCCCCCCCCCCCCSC.